The lowest BCUT2D eigenvalue weighted by atomic mass is 10.2. The summed E-state index contributed by atoms with van der Waals surface area (Å²) in [5.41, 5.74) is 0. The van der Waals surface area contributed by atoms with E-state index in [1.165, 1.54) is 0 Å². The highest BCUT2D eigenvalue weighted by molar-refractivity contribution is 7.92. The third-order valence-corrected chi connectivity index (χ3v) is 6.63. The van der Waals surface area contributed by atoms with E-state index in [0.717, 1.165) is 25.7 Å². The van der Waals surface area contributed by atoms with Crippen molar-refractivity contribution in [2.24, 2.45) is 5.92 Å². The summed E-state index contributed by atoms with van der Waals surface area (Å²) in [6.07, 6.45) is 5.01. The molecule has 0 aromatic carbocycles. The summed E-state index contributed by atoms with van der Waals surface area (Å²) in [6, 6.07) is -0.623. The van der Waals surface area contributed by atoms with Gasteiger partial charge in [-0.05, 0) is 38.5 Å². The molecule has 2 rings (SSSR count). The lowest BCUT2D eigenvalue weighted by Gasteiger charge is -2.17. The van der Waals surface area contributed by atoms with Gasteiger partial charge in [0.05, 0.1) is 17.6 Å². The summed E-state index contributed by atoms with van der Waals surface area (Å²) in [7, 11) is -3.20. The SMILES string of the molecule is CCOC(=O)[C@@H](NC(=O)CCS(=O)(=O)C1CCCC1)C1CC1. The van der Waals surface area contributed by atoms with E-state index in [-0.39, 0.29) is 35.9 Å². The van der Waals surface area contributed by atoms with E-state index >= 15 is 0 Å². The molecule has 7 heteroatoms. The summed E-state index contributed by atoms with van der Waals surface area (Å²) in [6.45, 7) is 1.99. The molecule has 0 heterocycles. The van der Waals surface area contributed by atoms with Gasteiger partial charge in [-0.25, -0.2) is 13.2 Å². The molecule has 22 heavy (non-hydrogen) atoms. The molecule has 6 nitrogen and oxygen atoms in total. The first-order valence-corrected chi connectivity index (χ1v) is 9.83. The minimum Gasteiger partial charge on any atom is -0.464 e. The van der Waals surface area contributed by atoms with Crippen LogP contribution in [-0.4, -0.2) is 43.9 Å². The first-order valence-electron chi connectivity index (χ1n) is 8.11. The molecule has 0 saturated heterocycles. The molecule has 0 aromatic rings. The number of rotatable bonds is 8. The maximum atomic E-state index is 12.1. The third-order valence-electron chi connectivity index (χ3n) is 4.37. The molecule has 0 aliphatic heterocycles. The Labute approximate surface area is 131 Å². The quantitative estimate of drug-likeness (QED) is 0.675. The number of amides is 1. The monoisotopic (exact) mass is 331 g/mol. The summed E-state index contributed by atoms with van der Waals surface area (Å²) >= 11 is 0. The van der Waals surface area contributed by atoms with E-state index in [1.54, 1.807) is 6.92 Å². The van der Waals surface area contributed by atoms with E-state index in [1.807, 2.05) is 0 Å². The molecule has 0 unspecified atom stereocenters. The zero-order valence-electron chi connectivity index (χ0n) is 13.0. The maximum absolute atomic E-state index is 12.1. The van der Waals surface area contributed by atoms with E-state index in [4.69, 9.17) is 4.74 Å². The fraction of sp³-hybridized carbons (Fsp3) is 0.867. The second-order valence-electron chi connectivity index (χ2n) is 6.16. The summed E-state index contributed by atoms with van der Waals surface area (Å²) in [5.74, 6) is -0.804. The molecule has 126 valence electrons. The van der Waals surface area contributed by atoms with Crippen LogP contribution < -0.4 is 5.32 Å². The molecular weight excluding hydrogens is 306 g/mol. The van der Waals surface area contributed by atoms with Gasteiger partial charge >= 0.3 is 5.97 Å². The Kier molecular flexibility index (Phi) is 5.83. The van der Waals surface area contributed by atoms with Crippen molar-refractivity contribution in [3.05, 3.63) is 0 Å². The van der Waals surface area contributed by atoms with Crippen LogP contribution in [0.4, 0.5) is 0 Å². The highest BCUT2D eigenvalue weighted by atomic mass is 32.2. The zero-order chi connectivity index (χ0) is 16.2. The van der Waals surface area contributed by atoms with Gasteiger partial charge in [0, 0.05) is 6.42 Å². The van der Waals surface area contributed by atoms with Gasteiger partial charge < -0.3 is 10.1 Å². The normalized spacial score (nSPS) is 20.6. The van der Waals surface area contributed by atoms with Gasteiger partial charge in [-0.3, -0.25) is 4.79 Å². The Morgan fingerprint density at radius 2 is 1.82 bits per heavy atom. The van der Waals surface area contributed by atoms with E-state index < -0.39 is 21.8 Å². The van der Waals surface area contributed by atoms with Crippen LogP contribution in [0, 0.1) is 5.92 Å². The number of carbonyl (C=O) groups excluding carboxylic acids is 2. The van der Waals surface area contributed by atoms with E-state index in [0.29, 0.717) is 12.8 Å². The number of hydrogen-bond donors (Lipinski definition) is 1. The number of esters is 1. The Morgan fingerprint density at radius 1 is 1.18 bits per heavy atom. The van der Waals surface area contributed by atoms with Gasteiger partial charge in [-0.2, -0.15) is 0 Å². The minimum absolute atomic E-state index is 0.0819. The van der Waals surface area contributed by atoms with Crippen molar-refractivity contribution >= 4 is 21.7 Å². The highest BCUT2D eigenvalue weighted by Crippen LogP contribution is 2.33. The zero-order valence-corrected chi connectivity index (χ0v) is 13.9. The van der Waals surface area contributed by atoms with Gasteiger partial charge in [0.1, 0.15) is 6.04 Å². The van der Waals surface area contributed by atoms with Gasteiger partial charge in [0.15, 0.2) is 9.84 Å². The highest BCUT2D eigenvalue weighted by Gasteiger charge is 2.38. The van der Waals surface area contributed by atoms with E-state index in [9.17, 15) is 18.0 Å². The lowest BCUT2D eigenvalue weighted by molar-refractivity contribution is -0.148. The summed E-state index contributed by atoms with van der Waals surface area (Å²) in [5, 5.41) is 2.36. The lowest BCUT2D eigenvalue weighted by Crippen LogP contribution is -2.44. The Morgan fingerprint density at radius 3 is 2.36 bits per heavy atom. The van der Waals surface area contributed by atoms with Crippen LogP contribution in [0.15, 0.2) is 0 Å². The summed E-state index contributed by atoms with van der Waals surface area (Å²) < 4.78 is 29.2. The van der Waals surface area contributed by atoms with Crippen molar-refractivity contribution in [1.82, 2.24) is 5.32 Å². The smallest absolute Gasteiger partial charge is 0.328 e. The number of sulfone groups is 1. The van der Waals surface area contributed by atoms with Crippen LogP contribution in [0.3, 0.4) is 0 Å². The number of nitrogens with one attached hydrogen (secondary N) is 1. The van der Waals surface area contributed by atoms with Crippen molar-refractivity contribution in [1.29, 1.82) is 0 Å². The van der Waals surface area contributed by atoms with Gasteiger partial charge in [-0.1, -0.05) is 12.8 Å². The van der Waals surface area contributed by atoms with Crippen LogP contribution in [0.1, 0.15) is 51.9 Å². The first-order chi connectivity index (χ1) is 10.4. The molecule has 2 aliphatic carbocycles. The first kappa shape index (κ1) is 17.2. The molecule has 2 aliphatic rings. The van der Waals surface area contributed by atoms with Crippen LogP contribution in [0.2, 0.25) is 0 Å². The average molecular weight is 331 g/mol. The molecular formula is C15H25NO5S. The van der Waals surface area contributed by atoms with Crippen LogP contribution in [0.5, 0.6) is 0 Å². The molecule has 1 N–H and O–H groups in total. The fourth-order valence-corrected chi connectivity index (χ4v) is 4.78. The molecule has 1 atom stereocenters. The Hall–Kier alpha value is -1.11. The Balaban J connectivity index is 1.82. The molecule has 0 bridgehead atoms. The topological polar surface area (TPSA) is 89.5 Å². The standard InChI is InChI=1S/C15H25NO5S/c1-2-21-15(18)14(11-7-8-11)16-13(17)9-10-22(19,20)12-5-3-4-6-12/h11-12,14H,2-10H2,1H3,(H,16,17)/t14-/m0/s1. The van der Waals surface area contributed by atoms with E-state index in [2.05, 4.69) is 5.32 Å². The van der Waals surface area contributed by atoms with Crippen molar-refractivity contribution in [2.75, 3.05) is 12.4 Å². The fourth-order valence-electron chi connectivity index (χ4n) is 2.93. The average Bonchev–Trinajstić information content (AvgIpc) is 3.14. The van der Waals surface area contributed by atoms with Crippen molar-refractivity contribution in [2.45, 2.75) is 63.2 Å². The molecule has 2 fully saturated rings. The van der Waals surface area contributed by atoms with Crippen LogP contribution in [0.25, 0.3) is 0 Å². The van der Waals surface area contributed by atoms with Crippen molar-refractivity contribution in [3.63, 3.8) is 0 Å². The van der Waals surface area contributed by atoms with Crippen LogP contribution in [-0.2, 0) is 24.2 Å². The molecule has 0 aromatic heterocycles. The Bertz CT molecular complexity index is 506. The number of carbonyl (C=O) groups is 2. The molecule has 0 spiro atoms. The van der Waals surface area contributed by atoms with Crippen molar-refractivity contribution in [3.8, 4) is 0 Å². The third kappa shape index (κ3) is 4.69. The predicted octanol–water partition coefficient (Wildman–Crippen LogP) is 1.19. The second-order valence-corrected chi connectivity index (χ2v) is 8.56. The maximum Gasteiger partial charge on any atom is 0.328 e. The number of hydrogen-bond acceptors (Lipinski definition) is 5. The molecule has 2 saturated carbocycles. The summed E-state index contributed by atoms with van der Waals surface area (Å²) in [4.78, 5) is 23.8. The van der Waals surface area contributed by atoms with Gasteiger partial charge in [-0.15, -0.1) is 0 Å². The predicted molar refractivity (Wildman–Crippen MR) is 81.9 cm³/mol. The number of ether oxygens (including phenoxy) is 1. The van der Waals surface area contributed by atoms with Gasteiger partial charge in [0.25, 0.3) is 0 Å². The van der Waals surface area contributed by atoms with Crippen molar-refractivity contribution < 1.29 is 22.7 Å². The molecule has 1 amide bonds. The minimum atomic E-state index is -3.20. The van der Waals surface area contributed by atoms with Crippen LogP contribution >= 0.6 is 0 Å². The second kappa shape index (κ2) is 7.44. The molecule has 0 radical (unpaired) electrons. The largest absolute Gasteiger partial charge is 0.464 e. The van der Waals surface area contributed by atoms with Gasteiger partial charge in [0.2, 0.25) is 5.91 Å².